The first-order valence-corrected chi connectivity index (χ1v) is 17.6. The highest BCUT2D eigenvalue weighted by molar-refractivity contribution is 7.92. The normalized spacial score (nSPS) is 13.8. The number of anilines is 1. The molecule has 1 N–H and O–H groups in total. The Morgan fingerprint density at radius 3 is 2.10 bits per heavy atom. The van der Waals surface area contributed by atoms with E-state index < -0.39 is 28.5 Å². The van der Waals surface area contributed by atoms with E-state index in [2.05, 4.69) is 5.32 Å². The Kier molecular flexibility index (Phi) is 11.4. The third-order valence-electron chi connectivity index (χ3n) is 8.71. The third kappa shape index (κ3) is 8.55. The summed E-state index contributed by atoms with van der Waals surface area (Å²) in [4.78, 5) is 30.4. The Morgan fingerprint density at radius 2 is 1.46 bits per heavy atom. The van der Waals surface area contributed by atoms with Crippen molar-refractivity contribution in [1.29, 1.82) is 0 Å². The van der Waals surface area contributed by atoms with Gasteiger partial charge < -0.3 is 19.7 Å². The predicted octanol–water partition coefficient (Wildman–Crippen LogP) is 5.91. The van der Waals surface area contributed by atoms with Crippen LogP contribution in [0.2, 0.25) is 0 Å². The van der Waals surface area contributed by atoms with Gasteiger partial charge in [0.2, 0.25) is 11.8 Å². The lowest BCUT2D eigenvalue weighted by Gasteiger charge is -2.34. The van der Waals surface area contributed by atoms with Crippen molar-refractivity contribution < 1.29 is 27.5 Å². The molecule has 4 aromatic rings. The molecule has 0 aromatic heterocycles. The lowest BCUT2D eigenvalue weighted by atomic mass is 10.0. The summed E-state index contributed by atoms with van der Waals surface area (Å²) in [6, 6.07) is 29.0. The van der Waals surface area contributed by atoms with Gasteiger partial charge in [-0.2, -0.15) is 0 Å². The van der Waals surface area contributed by atoms with E-state index in [1.165, 1.54) is 24.1 Å². The fraction of sp³-hybridized carbons (Fsp3) is 0.316. The van der Waals surface area contributed by atoms with Crippen LogP contribution in [0.5, 0.6) is 11.5 Å². The summed E-state index contributed by atoms with van der Waals surface area (Å²) in [5.74, 6) is 0.367. The molecular formula is C38H43N3O6S. The zero-order valence-electron chi connectivity index (χ0n) is 27.7. The van der Waals surface area contributed by atoms with E-state index in [9.17, 15) is 18.0 Å². The molecule has 9 nitrogen and oxygen atoms in total. The second-order valence-electron chi connectivity index (χ2n) is 12.1. The zero-order chi connectivity index (χ0) is 34.1. The molecule has 1 fully saturated rings. The van der Waals surface area contributed by atoms with Crippen LogP contribution in [-0.4, -0.2) is 58.0 Å². The van der Waals surface area contributed by atoms with Crippen molar-refractivity contribution in [3.63, 3.8) is 0 Å². The summed E-state index contributed by atoms with van der Waals surface area (Å²) >= 11 is 0. The minimum Gasteiger partial charge on any atom is -0.497 e. The molecule has 0 aliphatic heterocycles. The number of methoxy groups -OCH3 is 2. The third-order valence-corrected chi connectivity index (χ3v) is 10.5. The van der Waals surface area contributed by atoms with E-state index in [0.29, 0.717) is 17.2 Å². The second kappa shape index (κ2) is 15.8. The van der Waals surface area contributed by atoms with Crippen molar-refractivity contribution in [3.8, 4) is 11.5 Å². The second-order valence-corrected chi connectivity index (χ2v) is 14.0. The summed E-state index contributed by atoms with van der Waals surface area (Å²) in [5, 5.41) is 3.20. The maximum atomic E-state index is 14.7. The van der Waals surface area contributed by atoms with E-state index in [0.717, 1.165) is 46.7 Å². The fourth-order valence-electron chi connectivity index (χ4n) is 6.00. The molecule has 1 atom stereocenters. The number of hydrogen-bond donors (Lipinski definition) is 1. The molecule has 252 valence electrons. The van der Waals surface area contributed by atoms with Crippen LogP contribution in [0.15, 0.2) is 108 Å². The molecule has 0 spiro atoms. The molecule has 1 saturated carbocycles. The van der Waals surface area contributed by atoms with Gasteiger partial charge in [-0.05, 0) is 79.4 Å². The summed E-state index contributed by atoms with van der Waals surface area (Å²) in [5.41, 5.74) is 2.82. The van der Waals surface area contributed by atoms with Gasteiger partial charge in [0.15, 0.2) is 0 Å². The van der Waals surface area contributed by atoms with E-state index in [1.54, 1.807) is 43.5 Å². The van der Waals surface area contributed by atoms with Gasteiger partial charge in [0.25, 0.3) is 10.0 Å². The molecule has 48 heavy (non-hydrogen) atoms. The van der Waals surface area contributed by atoms with Gasteiger partial charge in [-0.25, -0.2) is 8.42 Å². The molecule has 0 unspecified atom stereocenters. The SMILES string of the molecule is COc1ccc(N(CC(=O)N(Cc2cccc(OC)c2)[C@@H](Cc2ccccc2)C(=O)NC2CCCC2)S(=O)(=O)c2ccc(C)cc2)cc1. The highest BCUT2D eigenvalue weighted by Gasteiger charge is 2.35. The van der Waals surface area contributed by atoms with Crippen molar-refractivity contribution >= 4 is 27.5 Å². The highest BCUT2D eigenvalue weighted by atomic mass is 32.2. The first-order chi connectivity index (χ1) is 23.2. The molecule has 1 aliphatic carbocycles. The minimum atomic E-state index is -4.20. The Morgan fingerprint density at radius 1 is 0.812 bits per heavy atom. The molecule has 2 amide bonds. The Hall–Kier alpha value is -4.83. The quantitative estimate of drug-likeness (QED) is 0.179. The van der Waals surface area contributed by atoms with Crippen molar-refractivity contribution in [1.82, 2.24) is 10.2 Å². The standard InChI is InChI=1S/C38H43N3O6S/c1-28-16-22-35(23-17-28)48(44,45)41(32-18-20-33(46-2)21-19-32)27-37(42)40(26-30-12-9-15-34(24-30)47-3)36(25-29-10-5-4-6-11-29)38(43)39-31-13-7-8-14-31/h4-6,9-12,15-24,31,36H,7-8,13-14,25-27H2,1-3H3,(H,39,43)/t36-/m0/s1. The summed E-state index contributed by atoms with van der Waals surface area (Å²) < 4.78 is 40.4. The molecule has 10 heteroatoms. The Balaban J connectivity index is 1.57. The van der Waals surface area contributed by atoms with Crippen molar-refractivity contribution in [3.05, 3.63) is 120 Å². The van der Waals surface area contributed by atoms with Gasteiger partial charge in [0.1, 0.15) is 24.1 Å². The van der Waals surface area contributed by atoms with Crippen LogP contribution in [-0.2, 0) is 32.6 Å². The Bertz CT molecular complexity index is 1770. The van der Waals surface area contributed by atoms with E-state index >= 15 is 0 Å². The van der Waals surface area contributed by atoms with Crippen molar-refractivity contribution in [2.45, 2.75) is 62.6 Å². The minimum absolute atomic E-state index is 0.0299. The summed E-state index contributed by atoms with van der Waals surface area (Å²) in [7, 11) is -1.11. The fourth-order valence-corrected chi connectivity index (χ4v) is 7.42. The molecule has 0 bridgehead atoms. The predicted molar refractivity (Wildman–Crippen MR) is 187 cm³/mol. The van der Waals surface area contributed by atoms with E-state index in [4.69, 9.17) is 9.47 Å². The van der Waals surface area contributed by atoms with Gasteiger partial charge >= 0.3 is 0 Å². The molecule has 1 aliphatic rings. The monoisotopic (exact) mass is 669 g/mol. The molecule has 4 aromatic carbocycles. The number of nitrogens with zero attached hydrogens (tertiary/aromatic N) is 2. The number of aryl methyl sites for hydroxylation is 1. The van der Waals surface area contributed by atoms with Crippen LogP contribution in [0.25, 0.3) is 0 Å². The smallest absolute Gasteiger partial charge is 0.264 e. The average molecular weight is 670 g/mol. The topological polar surface area (TPSA) is 105 Å². The van der Waals surface area contributed by atoms with Gasteiger partial charge in [-0.15, -0.1) is 0 Å². The number of ether oxygens (including phenoxy) is 2. The Labute approximate surface area is 283 Å². The lowest BCUT2D eigenvalue weighted by Crippen LogP contribution is -2.54. The summed E-state index contributed by atoms with van der Waals surface area (Å²) in [6.07, 6.45) is 4.09. The van der Waals surface area contributed by atoms with Crippen LogP contribution in [0.3, 0.4) is 0 Å². The number of sulfonamides is 1. The van der Waals surface area contributed by atoms with Crippen LogP contribution in [0.1, 0.15) is 42.4 Å². The number of hydrogen-bond acceptors (Lipinski definition) is 6. The lowest BCUT2D eigenvalue weighted by molar-refractivity contribution is -0.140. The number of benzene rings is 4. The van der Waals surface area contributed by atoms with E-state index in [-0.39, 0.29) is 29.8 Å². The van der Waals surface area contributed by atoms with Crippen LogP contribution < -0.4 is 19.1 Å². The molecular weight excluding hydrogens is 627 g/mol. The maximum Gasteiger partial charge on any atom is 0.264 e. The number of rotatable bonds is 14. The molecule has 0 saturated heterocycles. The van der Waals surface area contributed by atoms with E-state index in [1.807, 2.05) is 61.5 Å². The average Bonchev–Trinajstić information content (AvgIpc) is 3.62. The first-order valence-electron chi connectivity index (χ1n) is 16.2. The first kappa shape index (κ1) is 34.5. The molecule has 0 heterocycles. The largest absolute Gasteiger partial charge is 0.497 e. The van der Waals surface area contributed by atoms with Crippen LogP contribution in [0.4, 0.5) is 5.69 Å². The maximum absolute atomic E-state index is 14.7. The summed E-state index contributed by atoms with van der Waals surface area (Å²) in [6.45, 7) is 1.41. The van der Waals surface area contributed by atoms with Crippen molar-refractivity contribution in [2.24, 2.45) is 0 Å². The molecule has 5 rings (SSSR count). The van der Waals surface area contributed by atoms with Crippen LogP contribution in [0, 0.1) is 6.92 Å². The zero-order valence-corrected chi connectivity index (χ0v) is 28.5. The van der Waals surface area contributed by atoms with Gasteiger partial charge in [0, 0.05) is 19.0 Å². The molecule has 0 radical (unpaired) electrons. The van der Waals surface area contributed by atoms with Crippen LogP contribution >= 0.6 is 0 Å². The van der Waals surface area contributed by atoms with Gasteiger partial charge in [-0.3, -0.25) is 13.9 Å². The number of carbonyl (C=O) groups is 2. The number of carbonyl (C=O) groups excluding carboxylic acids is 2. The number of amides is 2. The van der Waals surface area contributed by atoms with Gasteiger partial charge in [0.05, 0.1) is 24.8 Å². The van der Waals surface area contributed by atoms with Gasteiger partial charge in [-0.1, -0.05) is 73.0 Å². The van der Waals surface area contributed by atoms with Crippen molar-refractivity contribution in [2.75, 3.05) is 25.1 Å². The highest BCUT2D eigenvalue weighted by Crippen LogP contribution is 2.28. The number of nitrogens with one attached hydrogen (secondary N) is 1.